The first-order valence-corrected chi connectivity index (χ1v) is 9.15. The number of carbonyl (C=O) groups is 2. The Bertz CT molecular complexity index is 611. The smallest absolute Gasteiger partial charge is 0.236 e. The van der Waals surface area contributed by atoms with Crippen molar-refractivity contribution in [2.75, 3.05) is 52.4 Å². The van der Waals surface area contributed by atoms with Gasteiger partial charge in [-0.25, -0.2) is 0 Å². The van der Waals surface area contributed by atoms with Crippen LogP contribution in [0.3, 0.4) is 0 Å². The van der Waals surface area contributed by atoms with Crippen molar-refractivity contribution in [1.29, 1.82) is 0 Å². The largest absolute Gasteiger partial charge is 0.355 e. The third-order valence-corrected chi connectivity index (χ3v) is 5.14. The topological polar surface area (TPSA) is 55.9 Å². The van der Waals surface area contributed by atoms with E-state index < -0.39 is 0 Å². The lowest BCUT2D eigenvalue weighted by Gasteiger charge is -2.36. The van der Waals surface area contributed by atoms with E-state index in [1.165, 1.54) is 11.1 Å². The maximum Gasteiger partial charge on any atom is 0.236 e. The number of aryl methyl sites for hydroxylation is 1. The maximum atomic E-state index is 12.5. The Labute approximate surface area is 149 Å². The van der Waals surface area contributed by atoms with Crippen LogP contribution in [0.2, 0.25) is 0 Å². The van der Waals surface area contributed by atoms with E-state index in [4.69, 9.17) is 0 Å². The SMILES string of the molecule is Cc1ccccc1CN1CCN(C(=O)CN2CCNC(=O)CC2)CC1. The molecule has 0 bridgehead atoms. The van der Waals surface area contributed by atoms with Gasteiger partial charge in [0.2, 0.25) is 11.8 Å². The molecule has 0 aromatic heterocycles. The van der Waals surface area contributed by atoms with Gasteiger partial charge in [0.25, 0.3) is 0 Å². The Kier molecular flexibility index (Phi) is 6.04. The lowest BCUT2D eigenvalue weighted by atomic mass is 10.1. The molecule has 2 aliphatic rings. The van der Waals surface area contributed by atoms with E-state index in [2.05, 4.69) is 46.3 Å². The standard InChI is InChI=1S/C19H28N4O2/c1-16-4-2-3-5-17(16)14-22-10-12-23(13-11-22)19(25)15-21-8-6-18(24)20-7-9-21/h2-5H,6-15H2,1H3,(H,20,24). The van der Waals surface area contributed by atoms with Crippen molar-refractivity contribution in [2.45, 2.75) is 19.9 Å². The van der Waals surface area contributed by atoms with Crippen molar-refractivity contribution in [3.05, 3.63) is 35.4 Å². The molecule has 1 N–H and O–H groups in total. The molecule has 6 nitrogen and oxygen atoms in total. The van der Waals surface area contributed by atoms with Crippen LogP contribution < -0.4 is 5.32 Å². The number of rotatable bonds is 4. The first kappa shape index (κ1) is 17.9. The average molecular weight is 344 g/mol. The fourth-order valence-electron chi connectivity index (χ4n) is 3.45. The second-order valence-electron chi connectivity index (χ2n) is 6.96. The van der Waals surface area contributed by atoms with Gasteiger partial charge < -0.3 is 10.2 Å². The van der Waals surface area contributed by atoms with Crippen LogP contribution in [0.25, 0.3) is 0 Å². The summed E-state index contributed by atoms with van der Waals surface area (Å²) in [7, 11) is 0. The highest BCUT2D eigenvalue weighted by atomic mass is 16.2. The van der Waals surface area contributed by atoms with Crippen LogP contribution in [-0.2, 0) is 16.1 Å². The number of nitrogens with zero attached hydrogens (tertiary/aromatic N) is 3. The molecule has 136 valence electrons. The molecule has 2 saturated heterocycles. The summed E-state index contributed by atoms with van der Waals surface area (Å²) in [5, 5.41) is 2.85. The van der Waals surface area contributed by atoms with Crippen LogP contribution in [0.1, 0.15) is 17.5 Å². The van der Waals surface area contributed by atoms with Crippen LogP contribution in [0.5, 0.6) is 0 Å². The van der Waals surface area contributed by atoms with Gasteiger partial charge in [0.05, 0.1) is 6.54 Å². The molecule has 2 amide bonds. The fourth-order valence-corrected chi connectivity index (χ4v) is 3.45. The predicted octanol–water partition coefficient (Wildman–Crippen LogP) is 0.461. The molecule has 0 aliphatic carbocycles. The van der Waals surface area contributed by atoms with Crippen LogP contribution in [0.15, 0.2) is 24.3 Å². The van der Waals surface area contributed by atoms with Gasteiger partial charge in [-0.2, -0.15) is 0 Å². The van der Waals surface area contributed by atoms with Gasteiger partial charge in [-0.05, 0) is 18.1 Å². The number of piperazine rings is 1. The molecule has 2 aliphatic heterocycles. The number of benzene rings is 1. The Balaban J connectivity index is 1.44. The third kappa shape index (κ3) is 5.03. The molecule has 2 heterocycles. The summed E-state index contributed by atoms with van der Waals surface area (Å²) in [4.78, 5) is 30.4. The van der Waals surface area contributed by atoms with Gasteiger partial charge >= 0.3 is 0 Å². The van der Waals surface area contributed by atoms with Gasteiger partial charge in [0.1, 0.15) is 0 Å². The zero-order chi connectivity index (χ0) is 17.6. The lowest BCUT2D eigenvalue weighted by Crippen LogP contribution is -2.51. The van der Waals surface area contributed by atoms with E-state index in [0.29, 0.717) is 26.1 Å². The van der Waals surface area contributed by atoms with E-state index in [1.807, 2.05) is 4.90 Å². The molecule has 0 unspecified atom stereocenters. The second-order valence-corrected chi connectivity index (χ2v) is 6.96. The van der Waals surface area contributed by atoms with Gasteiger partial charge in [0.15, 0.2) is 0 Å². The van der Waals surface area contributed by atoms with E-state index in [-0.39, 0.29) is 11.8 Å². The molecule has 6 heteroatoms. The van der Waals surface area contributed by atoms with Crippen molar-refractivity contribution in [3.63, 3.8) is 0 Å². The van der Waals surface area contributed by atoms with Crippen LogP contribution in [0, 0.1) is 6.92 Å². The molecule has 0 spiro atoms. The quantitative estimate of drug-likeness (QED) is 0.862. The summed E-state index contributed by atoms with van der Waals surface area (Å²) >= 11 is 0. The van der Waals surface area contributed by atoms with Crippen molar-refractivity contribution in [3.8, 4) is 0 Å². The highest BCUT2D eigenvalue weighted by Gasteiger charge is 2.24. The summed E-state index contributed by atoms with van der Waals surface area (Å²) in [6, 6.07) is 8.49. The number of amides is 2. The van der Waals surface area contributed by atoms with Crippen molar-refractivity contribution < 1.29 is 9.59 Å². The van der Waals surface area contributed by atoms with E-state index in [9.17, 15) is 9.59 Å². The van der Waals surface area contributed by atoms with Crippen molar-refractivity contribution in [2.24, 2.45) is 0 Å². The van der Waals surface area contributed by atoms with Crippen LogP contribution >= 0.6 is 0 Å². The maximum absolute atomic E-state index is 12.5. The Hall–Kier alpha value is -1.92. The molecule has 0 saturated carbocycles. The van der Waals surface area contributed by atoms with Crippen molar-refractivity contribution in [1.82, 2.24) is 20.0 Å². The lowest BCUT2D eigenvalue weighted by molar-refractivity contribution is -0.134. The predicted molar refractivity (Wildman–Crippen MR) is 97.1 cm³/mol. The highest BCUT2D eigenvalue weighted by molar-refractivity contribution is 5.79. The number of carbonyl (C=O) groups excluding carboxylic acids is 2. The van der Waals surface area contributed by atoms with Gasteiger partial charge in [-0.3, -0.25) is 19.4 Å². The summed E-state index contributed by atoms with van der Waals surface area (Å²) in [6.45, 7) is 8.99. The molecule has 2 fully saturated rings. The Morgan fingerprint density at radius 3 is 2.56 bits per heavy atom. The second kappa shape index (κ2) is 8.45. The molecule has 1 aromatic rings. The summed E-state index contributed by atoms with van der Waals surface area (Å²) in [6.07, 6.45) is 0.484. The van der Waals surface area contributed by atoms with Gasteiger partial charge in [-0.1, -0.05) is 24.3 Å². The molecule has 0 radical (unpaired) electrons. The van der Waals surface area contributed by atoms with E-state index in [1.54, 1.807) is 0 Å². The summed E-state index contributed by atoms with van der Waals surface area (Å²) in [5.74, 6) is 0.268. The third-order valence-electron chi connectivity index (χ3n) is 5.14. The molecule has 25 heavy (non-hydrogen) atoms. The fraction of sp³-hybridized carbons (Fsp3) is 0.579. The minimum absolute atomic E-state index is 0.0831. The molecular formula is C19H28N4O2. The monoisotopic (exact) mass is 344 g/mol. The zero-order valence-corrected chi connectivity index (χ0v) is 15.0. The van der Waals surface area contributed by atoms with Crippen LogP contribution in [0.4, 0.5) is 0 Å². The molecular weight excluding hydrogens is 316 g/mol. The Morgan fingerprint density at radius 1 is 1.04 bits per heavy atom. The molecule has 3 rings (SSSR count). The van der Waals surface area contributed by atoms with E-state index in [0.717, 1.165) is 39.3 Å². The number of hydrogen-bond acceptors (Lipinski definition) is 4. The van der Waals surface area contributed by atoms with Crippen LogP contribution in [-0.4, -0.2) is 78.9 Å². The first-order chi connectivity index (χ1) is 12.1. The van der Waals surface area contributed by atoms with Gasteiger partial charge in [0, 0.05) is 58.8 Å². The van der Waals surface area contributed by atoms with E-state index >= 15 is 0 Å². The minimum atomic E-state index is 0.0831. The normalized spacial score (nSPS) is 20.2. The van der Waals surface area contributed by atoms with Crippen molar-refractivity contribution >= 4 is 11.8 Å². The highest BCUT2D eigenvalue weighted by Crippen LogP contribution is 2.13. The summed E-state index contributed by atoms with van der Waals surface area (Å²) < 4.78 is 0. The zero-order valence-electron chi connectivity index (χ0n) is 15.0. The summed E-state index contributed by atoms with van der Waals surface area (Å²) in [5.41, 5.74) is 2.69. The average Bonchev–Trinajstić information content (AvgIpc) is 2.82. The number of hydrogen-bond donors (Lipinski definition) is 1. The number of nitrogens with one attached hydrogen (secondary N) is 1. The molecule has 1 aromatic carbocycles. The van der Waals surface area contributed by atoms with Gasteiger partial charge in [-0.15, -0.1) is 0 Å². The Morgan fingerprint density at radius 2 is 1.80 bits per heavy atom. The molecule has 0 atom stereocenters. The first-order valence-electron chi connectivity index (χ1n) is 9.15. The minimum Gasteiger partial charge on any atom is -0.355 e.